The molecule has 4 aromatic rings. The number of hydrogen-bond acceptors (Lipinski definition) is 5. The van der Waals surface area contributed by atoms with Gasteiger partial charge in [0, 0.05) is 65.4 Å². The number of nitrogens with zero attached hydrogens (tertiary/aromatic N) is 7. The van der Waals surface area contributed by atoms with Gasteiger partial charge in [-0.3, -0.25) is 9.13 Å². The third kappa shape index (κ3) is 4.24. The Bertz CT molecular complexity index is 1560. The van der Waals surface area contributed by atoms with Crippen LogP contribution in [0.15, 0.2) is 47.7 Å². The number of para-hydroxylation sites is 1. The number of hydrogen-bond donors (Lipinski definition) is 0. The second kappa shape index (κ2) is 9.44. The lowest BCUT2D eigenvalue weighted by Crippen LogP contribution is -2.45. The van der Waals surface area contributed by atoms with Gasteiger partial charge >= 0.3 is 5.69 Å². The lowest BCUT2D eigenvalue weighted by molar-refractivity contribution is 0.101. The van der Waals surface area contributed by atoms with Crippen molar-refractivity contribution in [3.63, 3.8) is 0 Å². The highest BCUT2D eigenvalue weighted by molar-refractivity contribution is 5.89. The maximum atomic E-state index is 12.6. The molecule has 0 unspecified atom stereocenters. The van der Waals surface area contributed by atoms with E-state index in [1.54, 1.807) is 4.57 Å². The smallest absolute Gasteiger partial charge is 0.328 e. The molecule has 3 aromatic heterocycles. The van der Waals surface area contributed by atoms with Crippen LogP contribution in [-0.2, 0) is 14.1 Å². The minimum absolute atomic E-state index is 0.0555. The van der Waals surface area contributed by atoms with Gasteiger partial charge in [0.15, 0.2) is 0 Å². The van der Waals surface area contributed by atoms with Gasteiger partial charge in [0.25, 0.3) is 0 Å². The van der Waals surface area contributed by atoms with E-state index in [4.69, 9.17) is 0 Å². The van der Waals surface area contributed by atoms with Gasteiger partial charge < -0.3 is 19.1 Å². The largest absolute Gasteiger partial charge is 0.370 e. The first-order chi connectivity index (χ1) is 18.9. The van der Waals surface area contributed by atoms with E-state index < -0.39 is 0 Å². The summed E-state index contributed by atoms with van der Waals surface area (Å²) in [6, 6.07) is 8.58. The first-order valence-corrected chi connectivity index (χ1v) is 14.7. The molecular formula is C31H41N7O. The Balaban J connectivity index is 0.949. The maximum Gasteiger partial charge on any atom is 0.328 e. The molecule has 0 aliphatic carbocycles. The third-order valence-corrected chi connectivity index (χ3v) is 10.1. The van der Waals surface area contributed by atoms with Crippen LogP contribution in [0.4, 0.5) is 11.4 Å². The fourth-order valence-corrected chi connectivity index (χ4v) is 7.67. The highest BCUT2D eigenvalue weighted by atomic mass is 16.1. The molecule has 0 bridgehead atoms. The first kappa shape index (κ1) is 24.8. The standard InChI is InChI=1S/C31H41N7O/c1-23-19-28-32-12-18-37(28)21-27(23)36-13-7-24(8-14-36)20-35-15-9-31(10-16-35)11-17-38(22-31)26-6-4-5-25-29(26)34(3)30(39)33(25)2/h4-6,12,18-19,21,24H,7-11,13-17,20,22H2,1-3H3. The van der Waals surface area contributed by atoms with Crippen LogP contribution in [0.2, 0.25) is 0 Å². The molecule has 7 rings (SSSR count). The van der Waals surface area contributed by atoms with Gasteiger partial charge in [-0.2, -0.15) is 0 Å². The fraction of sp³-hybridized carbons (Fsp3) is 0.548. The van der Waals surface area contributed by atoms with Crippen molar-refractivity contribution in [2.75, 3.05) is 55.6 Å². The molecule has 0 atom stereocenters. The van der Waals surface area contributed by atoms with Crippen LogP contribution < -0.4 is 15.5 Å². The molecule has 3 aliphatic rings. The van der Waals surface area contributed by atoms with Crippen LogP contribution in [0.3, 0.4) is 0 Å². The minimum atomic E-state index is 0.0555. The number of piperidine rings is 2. The summed E-state index contributed by atoms with van der Waals surface area (Å²) < 4.78 is 5.73. The highest BCUT2D eigenvalue weighted by Gasteiger charge is 2.41. The van der Waals surface area contributed by atoms with Crippen LogP contribution in [-0.4, -0.2) is 69.2 Å². The van der Waals surface area contributed by atoms with Crippen LogP contribution in [0.5, 0.6) is 0 Å². The molecule has 6 heterocycles. The summed E-state index contributed by atoms with van der Waals surface area (Å²) in [6.07, 6.45) is 12.6. The lowest BCUT2D eigenvalue weighted by Gasteiger charge is -2.42. The van der Waals surface area contributed by atoms with Crippen molar-refractivity contribution in [2.45, 2.75) is 39.0 Å². The molecule has 0 N–H and O–H groups in total. The summed E-state index contributed by atoms with van der Waals surface area (Å²) in [7, 11) is 3.78. The second-order valence-electron chi connectivity index (χ2n) is 12.5. The van der Waals surface area contributed by atoms with E-state index in [1.165, 1.54) is 68.7 Å². The quantitative estimate of drug-likeness (QED) is 0.401. The monoisotopic (exact) mass is 527 g/mol. The zero-order chi connectivity index (χ0) is 26.7. The molecule has 3 aliphatic heterocycles. The van der Waals surface area contributed by atoms with Gasteiger partial charge in [-0.15, -0.1) is 0 Å². The molecule has 8 heteroatoms. The van der Waals surface area contributed by atoms with E-state index in [2.05, 4.69) is 61.5 Å². The first-order valence-electron chi connectivity index (χ1n) is 14.7. The summed E-state index contributed by atoms with van der Waals surface area (Å²) >= 11 is 0. The Hall–Kier alpha value is -3.26. The van der Waals surface area contributed by atoms with Crippen molar-refractivity contribution in [3.05, 3.63) is 58.9 Å². The molecule has 1 aromatic carbocycles. The molecule has 3 fully saturated rings. The van der Waals surface area contributed by atoms with Crippen molar-refractivity contribution < 1.29 is 0 Å². The Labute approximate surface area is 230 Å². The van der Waals surface area contributed by atoms with Crippen molar-refractivity contribution in [3.8, 4) is 0 Å². The number of fused-ring (bicyclic) bond motifs is 2. The average molecular weight is 528 g/mol. The van der Waals surface area contributed by atoms with E-state index in [1.807, 2.05) is 31.1 Å². The van der Waals surface area contributed by atoms with Gasteiger partial charge in [0.2, 0.25) is 0 Å². The number of benzene rings is 1. The number of aromatic nitrogens is 4. The summed E-state index contributed by atoms with van der Waals surface area (Å²) in [4.78, 5) is 24.9. The van der Waals surface area contributed by atoms with Gasteiger partial charge in [0.1, 0.15) is 5.65 Å². The number of aryl methyl sites for hydroxylation is 3. The lowest BCUT2D eigenvalue weighted by atomic mass is 9.77. The Morgan fingerprint density at radius 2 is 1.72 bits per heavy atom. The zero-order valence-corrected chi connectivity index (χ0v) is 23.6. The van der Waals surface area contributed by atoms with E-state index in [0.29, 0.717) is 5.41 Å². The summed E-state index contributed by atoms with van der Waals surface area (Å²) in [5.74, 6) is 0.796. The summed E-state index contributed by atoms with van der Waals surface area (Å²) in [5.41, 5.74) is 7.51. The predicted molar refractivity (Wildman–Crippen MR) is 158 cm³/mol. The van der Waals surface area contributed by atoms with Gasteiger partial charge in [-0.05, 0) is 87.2 Å². The number of imidazole rings is 2. The van der Waals surface area contributed by atoms with Crippen molar-refractivity contribution in [2.24, 2.45) is 25.4 Å². The average Bonchev–Trinajstić information content (AvgIpc) is 3.64. The number of rotatable bonds is 4. The zero-order valence-electron chi connectivity index (χ0n) is 23.6. The molecule has 0 saturated carbocycles. The van der Waals surface area contributed by atoms with E-state index >= 15 is 0 Å². The number of likely N-dealkylation sites (tertiary alicyclic amines) is 1. The highest BCUT2D eigenvalue weighted by Crippen LogP contribution is 2.43. The molecule has 0 amide bonds. The van der Waals surface area contributed by atoms with Crippen LogP contribution in [0.25, 0.3) is 16.7 Å². The van der Waals surface area contributed by atoms with Gasteiger partial charge in [-0.1, -0.05) is 6.07 Å². The van der Waals surface area contributed by atoms with Crippen LogP contribution >= 0.6 is 0 Å². The van der Waals surface area contributed by atoms with Gasteiger partial charge in [0.05, 0.1) is 22.4 Å². The summed E-state index contributed by atoms with van der Waals surface area (Å²) in [5, 5.41) is 0. The SMILES string of the molecule is Cc1cc2nccn2cc1N1CCC(CN2CCC3(CC2)CCN(c2cccc4c2n(C)c(=O)n4C)C3)CC1. The Morgan fingerprint density at radius 3 is 2.51 bits per heavy atom. The van der Waals surface area contributed by atoms with Crippen molar-refractivity contribution in [1.82, 2.24) is 23.4 Å². The van der Waals surface area contributed by atoms with E-state index in [-0.39, 0.29) is 5.69 Å². The predicted octanol–water partition coefficient (Wildman–Crippen LogP) is 4.04. The van der Waals surface area contributed by atoms with E-state index in [0.717, 1.165) is 48.8 Å². The second-order valence-corrected chi connectivity index (χ2v) is 12.5. The summed E-state index contributed by atoms with van der Waals surface area (Å²) in [6.45, 7) is 10.4. The minimum Gasteiger partial charge on any atom is -0.370 e. The Morgan fingerprint density at radius 1 is 0.949 bits per heavy atom. The third-order valence-electron chi connectivity index (χ3n) is 10.1. The molecule has 3 saturated heterocycles. The maximum absolute atomic E-state index is 12.6. The van der Waals surface area contributed by atoms with E-state index in [9.17, 15) is 4.79 Å². The molecule has 39 heavy (non-hydrogen) atoms. The topological polar surface area (TPSA) is 54.0 Å². The Kier molecular flexibility index (Phi) is 5.99. The molecule has 8 nitrogen and oxygen atoms in total. The van der Waals surface area contributed by atoms with Crippen molar-refractivity contribution >= 4 is 28.1 Å². The fourth-order valence-electron chi connectivity index (χ4n) is 7.67. The number of pyridine rings is 1. The molecule has 206 valence electrons. The van der Waals surface area contributed by atoms with Gasteiger partial charge in [-0.25, -0.2) is 9.78 Å². The molecule has 1 spiro atoms. The number of anilines is 2. The van der Waals surface area contributed by atoms with Crippen LogP contribution in [0, 0.1) is 18.3 Å². The molecular weight excluding hydrogens is 486 g/mol. The molecule has 0 radical (unpaired) electrons. The normalized spacial score (nSPS) is 20.7. The van der Waals surface area contributed by atoms with Crippen LogP contribution in [0.1, 0.15) is 37.7 Å². The van der Waals surface area contributed by atoms with Crippen molar-refractivity contribution in [1.29, 1.82) is 0 Å².